The normalized spacial score (nSPS) is 11.2. The second kappa shape index (κ2) is 10.3. The van der Waals surface area contributed by atoms with Crippen molar-refractivity contribution in [2.45, 2.75) is 11.4 Å². The average Bonchev–Trinajstić information content (AvgIpc) is 3.38. The van der Waals surface area contributed by atoms with Crippen molar-refractivity contribution in [1.82, 2.24) is 14.3 Å². The highest BCUT2D eigenvalue weighted by Crippen LogP contribution is 2.26. The summed E-state index contributed by atoms with van der Waals surface area (Å²) in [6, 6.07) is 7.24. The number of aromatic nitrogens is 2. The second-order valence-electron chi connectivity index (χ2n) is 5.84. The summed E-state index contributed by atoms with van der Waals surface area (Å²) in [6.45, 7) is 0.357. The van der Waals surface area contributed by atoms with Crippen LogP contribution in [0.25, 0.3) is 11.4 Å². The summed E-state index contributed by atoms with van der Waals surface area (Å²) in [5.74, 6) is -3.04. The number of nitrogens with zero attached hydrogens (tertiary/aromatic N) is 2. The Hall–Kier alpha value is -3.77. The first-order valence-electron chi connectivity index (χ1n) is 8.56. The number of nitrogens with one attached hydrogen (secondary N) is 1. The number of carboxylic acid groups (broad SMARTS) is 2. The molecule has 0 saturated carbocycles. The van der Waals surface area contributed by atoms with E-state index in [0.717, 1.165) is 10.2 Å². The SMILES string of the molecule is CNCc1cn(S(=O)(=O)c2ccoc2)c(-c2ccccc2F)n1.O=C(O)/C=C/C(=O)O. The van der Waals surface area contributed by atoms with Crippen LogP contribution in [0.5, 0.6) is 0 Å². The lowest BCUT2D eigenvalue weighted by atomic mass is 10.2. The molecule has 10 nitrogen and oxygen atoms in total. The minimum absolute atomic E-state index is 0.0227. The van der Waals surface area contributed by atoms with Crippen molar-refractivity contribution < 1.29 is 37.0 Å². The number of hydrogen-bond donors (Lipinski definition) is 3. The molecule has 0 spiro atoms. The summed E-state index contributed by atoms with van der Waals surface area (Å²) in [4.78, 5) is 23.3. The fraction of sp³-hybridized carbons (Fsp3) is 0.105. The van der Waals surface area contributed by atoms with Gasteiger partial charge in [0.1, 0.15) is 17.0 Å². The first-order chi connectivity index (χ1) is 14.7. The van der Waals surface area contributed by atoms with Crippen molar-refractivity contribution in [1.29, 1.82) is 0 Å². The van der Waals surface area contributed by atoms with E-state index >= 15 is 0 Å². The molecule has 3 N–H and O–H groups in total. The average molecular weight is 451 g/mol. The summed E-state index contributed by atoms with van der Waals surface area (Å²) in [5, 5.41) is 18.5. The predicted octanol–water partition coefficient (Wildman–Crippen LogP) is 1.95. The van der Waals surface area contributed by atoms with E-state index in [1.165, 1.54) is 36.7 Å². The number of furan rings is 1. The van der Waals surface area contributed by atoms with Crippen LogP contribution in [0.1, 0.15) is 5.69 Å². The molecule has 1 aromatic carbocycles. The van der Waals surface area contributed by atoms with Crippen LogP contribution in [-0.2, 0) is 26.2 Å². The highest BCUT2D eigenvalue weighted by molar-refractivity contribution is 7.90. The molecule has 0 aliphatic heterocycles. The van der Waals surface area contributed by atoms with Gasteiger partial charge in [0.2, 0.25) is 0 Å². The Kier molecular flexibility index (Phi) is 7.82. The van der Waals surface area contributed by atoms with Crippen molar-refractivity contribution in [3.05, 3.63) is 72.7 Å². The van der Waals surface area contributed by atoms with Gasteiger partial charge < -0.3 is 19.9 Å². The molecular weight excluding hydrogens is 433 g/mol. The van der Waals surface area contributed by atoms with Crippen molar-refractivity contribution in [3.63, 3.8) is 0 Å². The number of hydrogen-bond acceptors (Lipinski definition) is 7. The van der Waals surface area contributed by atoms with Crippen LogP contribution in [0.15, 0.2) is 70.5 Å². The number of halogens is 1. The second-order valence-corrected chi connectivity index (χ2v) is 7.65. The van der Waals surface area contributed by atoms with Gasteiger partial charge in [0.15, 0.2) is 5.82 Å². The number of carbonyl (C=O) groups is 2. The summed E-state index contributed by atoms with van der Waals surface area (Å²) in [6.07, 6.45) is 4.88. The lowest BCUT2D eigenvalue weighted by molar-refractivity contribution is -0.134. The molecule has 12 heteroatoms. The Balaban J connectivity index is 0.000000366. The highest BCUT2D eigenvalue weighted by Gasteiger charge is 2.25. The van der Waals surface area contributed by atoms with Crippen molar-refractivity contribution in [2.75, 3.05) is 7.05 Å². The predicted molar refractivity (Wildman–Crippen MR) is 106 cm³/mol. The summed E-state index contributed by atoms with van der Waals surface area (Å²) in [7, 11) is -2.21. The van der Waals surface area contributed by atoms with Gasteiger partial charge in [0, 0.05) is 24.9 Å². The molecule has 0 aliphatic rings. The molecule has 3 rings (SSSR count). The van der Waals surface area contributed by atoms with Crippen molar-refractivity contribution >= 4 is 22.0 Å². The van der Waals surface area contributed by atoms with Gasteiger partial charge in [-0.3, -0.25) is 0 Å². The van der Waals surface area contributed by atoms with Gasteiger partial charge in [-0.15, -0.1) is 0 Å². The van der Waals surface area contributed by atoms with Crippen LogP contribution in [0.3, 0.4) is 0 Å². The van der Waals surface area contributed by atoms with Gasteiger partial charge in [-0.1, -0.05) is 12.1 Å². The molecule has 0 fully saturated rings. The largest absolute Gasteiger partial charge is 0.478 e. The maximum atomic E-state index is 14.1. The topological polar surface area (TPSA) is 152 Å². The third-order valence-corrected chi connectivity index (χ3v) is 5.24. The van der Waals surface area contributed by atoms with E-state index in [2.05, 4.69) is 10.3 Å². The zero-order chi connectivity index (χ0) is 23.0. The molecule has 2 heterocycles. The summed E-state index contributed by atoms with van der Waals surface area (Å²) < 4.78 is 45.4. The molecule has 3 aromatic rings. The van der Waals surface area contributed by atoms with Crippen LogP contribution in [0.4, 0.5) is 4.39 Å². The minimum Gasteiger partial charge on any atom is -0.478 e. The lowest BCUT2D eigenvalue weighted by Crippen LogP contribution is -2.13. The van der Waals surface area contributed by atoms with Crippen molar-refractivity contribution in [2.24, 2.45) is 0 Å². The quantitative estimate of drug-likeness (QED) is 0.458. The maximum Gasteiger partial charge on any atom is 0.328 e. The maximum absolute atomic E-state index is 14.1. The van der Waals surface area contributed by atoms with Crippen LogP contribution in [-0.4, -0.2) is 46.6 Å². The number of aliphatic carboxylic acids is 2. The Bertz CT molecular complexity index is 1170. The van der Waals surface area contributed by atoms with E-state index in [4.69, 9.17) is 14.6 Å². The van der Waals surface area contributed by atoms with Crippen LogP contribution < -0.4 is 5.32 Å². The zero-order valence-electron chi connectivity index (χ0n) is 16.1. The van der Waals surface area contributed by atoms with E-state index in [0.29, 0.717) is 24.4 Å². The molecular formula is C19H18FN3O7S. The number of imidazole rings is 1. The van der Waals surface area contributed by atoms with Crippen LogP contribution in [0.2, 0.25) is 0 Å². The molecule has 0 unspecified atom stereocenters. The Morgan fingerprint density at radius 3 is 2.35 bits per heavy atom. The molecule has 0 saturated heterocycles. The van der Waals surface area contributed by atoms with E-state index < -0.39 is 27.8 Å². The fourth-order valence-electron chi connectivity index (χ4n) is 2.34. The Morgan fingerprint density at radius 1 is 1.19 bits per heavy atom. The van der Waals surface area contributed by atoms with E-state index in [-0.39, 0.29) is 16.3 Å². The van der Waals surface area contributed by atoms with Gasteiger partial charge in [-0.2, -0.15) is 0 Å². The van der Waals surface area contributed by atoms with Gasteiger partial charge >= 0.3 is 11.9 Å². The Morgan fingerprint density at radius 2 is 1.84 bits per heavy atom. The summed E-state index contributed by atoms with van der Waals surface area (Å²) in [5.41, 5.74) is 0.597. The monoisotopic (exact) mass is 451 g/mol. The molecule has 0 radical (unpaired) electrons. The van der Waals surface area contributed by atoms with Gasteiger partial charge in [-0.25, -0.2) is 31.4 Å². The number of carboxylic acids is 2. The van der Waals surface area contributed by atoms with Crippen LogP contribution in [0, 0.1) is 5.82 Å². The lowest BCUT2D eigenvalue weighted by Gasteiger charge is -2.08. The highest BCUT2D eigenvalue weighted by atomic mass is 32.2. The minimum atomic E-state index is -3.92. The van der Waals surface area contributed by atoms with E-state index in [1.54, 1.807) is 13.1 Å². The summed E-state index contributed by atoms with van der Waals surface area (Å²) >= 11 is 0. The van der Waals surface area contributed by atoms with Gasteiger partial charge in [-0.05, 0) is 25.2 Å². The number of rotatable bonds is 7. The van der Waals surface area contributed by atoms with E-state index in [1.807, 2.05) is 0 Å². The first-order valence-corrected chi connectivity index (χ1v) is 10.00. The zero-order valence-corrected chi connectivity index (χ0v) is 16.9. The van der Waals surface area contributed by atoms with Gasteiger partial charge in [0.25, 0.3) is 10.0 Å². The number of benzene rings is 1. The molecule has 0 amide bonds. The molecule has 0 atom stereocenters. The molecule has 0 aliphatic carbocycles. The van der Waals surface area contributed by atoms with E-state index in [9.17, 15) is 22.4 Å². The smallest absolute Gasteiger partial charge is 0.328 e. The molecule has 0 bridgehead atoms. The molecule has 164 valence electrons. The fourth-order valence-corrected chi connectivity index (χ4v) is 3.60. The molecule has 31 heavy (non-hydrogen) atoms. The molecule has 2 aromatic heterocycles. The Labute approximate surface area is 176 Å². The van der Waals surface area contributed by atoms with Gasteiger partial charge in [0.05, 0.1) is 17.5 Å². The van der Waals surface area contributed by atoms with Crippen molar-refractivity contribution in [3.8, 4) is 11.4 Å². The van der Waals surface area contributed by atoms with Crippen LogP contribution >= 0.6 is 0 Å². The first kappa shape index (κ1) is 23.5. The third kappa shape index (κ3) is 6.10. The standard InChI is InChI=1S/C15H14FN3O3S.C4H4O4/c1-17-8-11-9-19(23(20,21)12-6-7-22-10-12)15(18-11)13-4-2-3-5-14(13)16;5-3(6)1-2-4(7)8/h2-7,9-10,17H,8H2,1H3;1-2H,(H,5,6)(H,7,8)/b;2-1+. The third-order valence-electron chi connectivity index (χ3n) is 3.62.